The maximum atomic E-state index is 11.9. The van der Waals surface area contributed by atoms with Crippen molar-refractivity contribution in [2.45, 2.75) is 18.4 Å². The van der Waals surface area contributed by atoms with Gasteiger partial charge in [0, 0.05) is 11.9 Å². The van der Waals surface area contributed by atoms with Crippen LogP contribution in [0.1, 0.15) is 11.3 Å². The molecule has 0 bridgehead atoms. The predicted molar refractivity (Wildman–Crippen MR) is 79.0 cm³/mol. The summed E-state index contributed by atoms with van der Waals surface area (Å²) in [6, 6.07) is 10.9. The van der Waals surface area contributed by atoms with E-state index in [1.165, 1.54) is 7.05 Å². The number of pyridine rings is 1. The molecule has 1 aromatic carbocycles. The van der Waals surface area contributed by atoms with Gasteiger partial charge in [-0.1, -0.05) is 12.1 Å². The van der Waals surface area contributed by atoms with Crippen molar-refractivity contribution < 1.29 is 8.42 Å². The van der Waals surface area contributed by atoms with Crippen LogP contribution < -0.4 is 10.0 Å². The summed E-state index contributed by atoms with van der Waals surface area (Å²) in [5.41, 5.74) is 2.35. The van der Waals surface area contributed by atoms with Crippen LogP contribution >= 0.6 is 0 Å². The van der Waals surface area contributed by atoms with E-state index in [1.807, 2.05) is 24.3 Å². The molecule has 0 atom stereocenters. The molecule has 2 aromatic rings. The maximum absolute atomic E-state index is 11.9. The lowest BCUT2D eigenvalue weighted by Crippen LogP contribution is -2.19. The second-order valence-electron chi connectivity index (χ2n) is 4.36. The first kappa shape index (κ1) is 14.5. The van der Waals surface area contributed by atoms with E-state index in [0.29, 0.717) is 12.1 Å². The molecular formula is C14H17N3O2S. The molecule has 6 heteroatoms. The van der Waals surface area contributed by atoms with Crippen molar-refractivity contribution in [3.63, 3.8) is 0 Å². The first-order chi connectivity index (χ1) is 9.53. The second-order valence-corrected chi connectivity index (χ2v) is 6.22. The minimum Gasteiger partial charge on any atom is -0.379 e. The van der Waals surface area contributed by atoms with E-state index in [0.717, 1.165) is 11.4 Å². The van der Waals surface area contributed by atoms with Gasteiger partial charge in [-0.05, 0) is 43.8 Å². The van der Waals surface area contributed by atoms with E-state index < -0.39 is 10.0 Å². The molecule has 0 fully saturated rings. The lowest BCUT2D eigenvalue weighted by atomic mass is 10.2. The predicted octanol–water partition coefficient (Wildman–Crippen LogP) is 1.91. The fraction of sp³-hybridized carbons (Fsp3) is 0.214. The average molecular weight is 291 g/mol. The third-order valence-electron chi connectivity index (χ3n) is 2.95. The van der Waals surface area contributed by atoms with Crippen LogP contribution in [0.5, 0.6) is 0 Å². The minimum atomic E-state index is -3.44. The summed E-state index contributed by atoms with van der Waals surface area (Å²) < 4.78 is 26.1. The van der Waals surface area contributed by atoms with Gasteiger partial charge in [0.15, 0.2) is 0 Å². The van der Waals surface area contributed by atoms with Gasteiger partial charge >= 0.3 is 0 Å². The highest BCUT2D eigenvalue weighted by molar-refractivity contribution is 7.89. The maximum Gasteiger partial charge on any atom is 0.240 e. The van der Waals surface area contributed by atoms with Gasteiger partial charge in [-0.25, -0.2) is 13.1 Å². The molecule has 0 saturated carbocycles. The monoisotopic (exact) mass is 291 g/mol. The Morgan fingerprint density at radius 3 is 2.65 bits per heavy atom. The van der Waals surface area contributed by atoms with E-state index >= 15 is 0 Å². The van der Waals surface area contributed by atoms with Gasteiger partial charge in [-0.15, -0.1) is 0 Å². The Bertz CT molecular complexity index is 685. The van der Waals surface area contributed by atoms with Crippen molar-refractivity contribution in [2.24, 2.45) is 0 Å². The number of hydrogen-bond donors (Lipinski definition) is 2. The number of hydrogen-bond acceptors (Lipinski definition) is 4. The molecule has 1 heterocycles. The summed E-state index contributed by atoms with van der Waals surface area (Å²) in [6.07, 6.45) is 1.73. The molecule has 2 rings (SSSR count). The normalized spacial score (nSPS) is 11.3. The van der Waals surface area contributed by atoms with E-state index in [2.05, 4.69) is 15.0 Å². The Labute approximate surface area is 119 Å². The summed E-state index contributed by atoms with van der Waals surface area (Å²) in [5.74, 6) is 0. The summed E-state index contributed by atoms with van der Waals surface area (Å²) in [6.45, 7) is 2.32. The molecule has 2 N–H and O–H groups in total. The average Bonchev–Trinajstić information content (AvgIpc) is 2.47. The molecule has 0 saturated heterocycles. The Morgan fingerprint density at radius 1 is 1.20 bits per heavy atom. The fourth-order valence-corrected chi connectivity index (χ4v) is 2.80. The zero-order valence-electron chi connectivity index (χ0n) is 11.4. The fourth-order valence-electron chi connectivity index (χ4n) is 1.80. The number of nitrogens with zero attached hydrogens (tertiary/aromatic N) is 1. The standard InChI is InChI=1S/C14H17N3O2S/c1-11-6-7-12(9-14(11)20(18,19)15-2)17-10-13-5-3-4-8-16-13/h3-9,15,17H,10H2,1-2H3. The van der Waals surface area contributed by atoms with Gasteiger partial charge in [0.1, 0.15) is 0 Å². The smallest absolute Gasteiger partial charge is 0.240 e. The molecule has 0 amide bonds. The molecule has 20 heavy (non-hydrogen) atoms. The second kappa shape index (κ2) is 6.02. The van der Waals surface area contributed by atoms with E-state index in [4.69, 9.17) is 0 Å². The van der Waals surface area contributed by atoms with Crippen molar-refractivity contribution in [3.05, 3.63) is 53.9 Å². The molecule has 106 valence electrons. The van der Waals surface area contributed by atoms with Crippen molar-refractivity contribution in [1.29, 1.82) is 0 Å². The minimum absolute atomic E-state index is 0.283. The first-order valence-corrected chi connectivity index (χ1v) is 7.69. The lowest BCUT2D eigenvalue weighted by Gasteiger charge is -2.10. The number of sulfonamides is 1. The van der Waals surface area contributed by atoms with E-state index in [1.54, 1.807) is 25.3 Å². The van der Waals surface area contributed by atoms with E-state index in [-0.39, 0.29) is 4.90 Å². The van der Waals surface area contributed by atoms with Gasteiger partial charge in [-0.3, -0.25) is 4.98 Å². The Balaban J connectivity index is 2.20. The number of rotatable bonds is 5. The molecule has 1 aromatic heterocycles. The van der Waals surface area contributed by atoms with Gasteiger partial charge in [0.25, 0.3) is 0 Å². The quantitative estimate of drug-likeness (QED) is 0.883. The summed E-state index contributed by atoms with van der Waals surface area (Å²) in [5, 5.41) is 3.17. The zero-order chi connectivity index (χ0) is 14.6. The SMILES string of the molecule is CNS(=O)(=O)c1cc(NCc2ccccn2)ccc1C. The van der Waals surface area contributed by atoms with Crippen molar-refractivity contribution in [1.82, 2.24) is 9.71 Å². The third-order valence-corrected chi connectivity index (χ3v) is 4.50. The summed E-state index contributed by atoms with van der Waals surface area (Å²) >= 11 is 0. The van der Waals surface area contributed by atoms with Gasteiger partial charge in [0.2, 0.25) is 10.0 Å². The van der Waals surface area contributed by atoms with Crippen LogP contribution in [0.25, 0.3) is 0 Å². The number of aromatic nitrogens is 1. The molecule has 0 aliphatic heterocycles. The highest BCUT2D eigenvalue weighted by Gasteiger charge is 2.14. The van der Waals surface area contributed by atoms with E-state index in [9.17, 15) is 8.42 Å². The number of aryl methyl sites for hydroxylation is 1. The summed E-state index contributed by atoms with van der Waals surface area (Å²) in [7, 11) is -2.03. The zero-order valence-corrected chi connectivity index (χ0v) is 12.2. The number of anilines is 1. The first-order valence-electron chi connectivity index (χ1n) is 6.21. The van der Waals surface area contributed by atoms with Gasteiger partial charge < -0.3 is 5.32 Å². The van der Waals surface area contributed by atoms with Crippen molar-refractivity contribution in [3.8, 4) is 0 Å². The highest BCUT2D eigenvalue weighted by atomic mass is 32.2. The van der Waals surface area contributed by atoms with Crippen LogP contribution in [-0.4, -0.2) is 20.4 Å². The molecule has 0 radical (unpaired) electrons. The van der Waals surface area contributed by atoms with Crippen LogP contribution in [0.2, 0.25) is 0 Å². The largest absolute Gasteiger partial charge is 0.379 e. The van der Waals surface area contributed by atoms with Crippen molar-refractivity contribution >= 4 is 15.7 Å². The molecule has 0 spiro atoms. The van der Waals surface area contributed by atoms with Crippen LogP contribution in [0.4, 0.5) is 5.69 Å². The Hall–Kier alpha value is -1.92. The molecule has 5 nitrogen and oxygen atoms in total. The van der Waals surface area contributed by atoms with Crippen LogP contribution in [0, 0.1) is 6.92 Å². The Morgan fingerprint density at radius 2 is 2.00 bits per heavy atom. The molecular weight excluding hydrogens is 274 g/mol. The van der Waals surface area contributed by atoms with Gasteiger partial charge in [-0.2, -0.15) is 0 Å². The molecule has 0 unspecified atom stereocenters. The van der Waals surface area contributed by atoms with Gasteiger partial charge in [0.05, 0.1) is 17.1 Å². The highest BCUT2D eigenvalue weighted by Crippen LogP contribution is 2.20. The molecule has 0 aliphatic carbocycles. The van der Waals surface area contributed by atoms with Crippen molar-refractivity contribution in [2.75, 3.05) is 12.4 Å². The number of nitrogens with one attached hydrogen (secondary N) is 2. The topological polar surface area (TPSA) is 71.1 Å². The Kier molecular flexibility index (Phi) is 4.36. The number of benzene rings is 1. The molecule has 0 aliphatic rings. The summed E-state index contributed by atoms with van der Waals surface area (Å²) in [4.78, 5) is 4.49. The third kappa shape index (κ3) is 3.34. The van der Waals surface area contributed by atoms with Crippen LogP contribution in [-0.2, 0) is 16.6 Å². The van der Waals surface area contributed by atoms with Crippen LogP contribution in [0.3, 0.4) is 0 Å². The lowest BCUT2D eigenvalue weighted by molar-refractivity contribution is 0.587. The van der Waals surface area contributed by atoms with Crippen LogP contribution in [0.15, 0.2) is 47.5 Å².